The van der Waals surface area contributed by atoms with E-state index >= 15 is 0 Å². The predicted molar refractivity (Wildman–Crippen MR) is 85.1 cm³/mol. The molecule has 0 fully saturated rings. The second-order valence-electron chi connectivity index (χ2n) is 5.49. The van der Waals surface area contributed by atoms with Gasteiger partial charge < -0.3 is 19.9 Å². The molecule has 2 rings (SSSR count). The maximum Gasteiger partial charge on any atom is 0.244 e. The van der Waals surface area contributed by atoms with E-state index < -0.39 is 6.10 Å². The highest BCUT2D eigenvalue weighted by Crippen LogP contribution is 2.35. The highest BCUT2D eigenvalue weighted by atomic mass is 16.5. The third kappa shape index (κ3) is 4.24. The molecule has 0 bridgehead atoms. The minimum absolute atomic E-state index is 0.165. The summed E-state index contributed by atoms with van der Waals surface area (Å²) in [4.78, 5) is 11.7. The Kier molecular flexibility index (Phi) is 5.44. The summed E-state index contributed by atoms with van der Waals surface area (Å²) >= 11 is 0. The Morgan fingerprint density at radius 2 is 2.36 bits per heavy atom. The fraction of sp³-hybridized carbons (Fsp3) is 0.471. The summed E-state index contributed by atoms with van der Waals surface area (Å²) in [7, 11) is 0. The zero-order valence-corrected chi connectivity index (χ0v) is 13.3. The molecule has 2 unspecified atom stereocenters. The number of aliphatic hydroxyl groups excluding tert-OH is 1. The van der Waals surface area contributed by atoms with Gasteiger partial charge >= 0.3 is 0 Å². The summed E-state index contributed by atoms with van der Waals surface area (Å²) < 4.78 is 11.4. The smallest absolute Gasteiger partial charge is 0.244 e. The Hall–Kier alpha value is -2.01. The number of fused-ring (bicyclic) bond motifs is 1. The standard InChI is InChI=1S/C17H23NO4/c1-4-21-15-9-14-7-12(3)22-16(14)8-13(15)5-6-17(20)18-10-11(2)19/h5-6,8-9,11-12,19H,4,7,10H2,1-3H3,(H,18,20)/b6-5+. The number of benzene rings is 1. The maximum absolute atomic E-state index is 11.7. The van der Waals surface area contributed by atoms with E-state index in [4.69, 9.17) is 14.6 Å². The molecular formula is C17H23NO4. The van der Waals surface area contributed by atoms with Crippen molar-refractivity contribution in [3.05, 3.63) is 29.3 Å². The van der Waals surface area contributed by atoms with Gasteiger partial charge in [0.15, 0.2) is 0 Å². The number of carbonyl (C=O) groups excluding carboxylic acids is 1. The average Bonchev–Trinajstić information content (AvgIpc) is 2.82. The monoisotopic (exact) mass is 305 g/mol. The fourth-order valence-electron chi connectivity index (χ4n) is 2.34. The van der Waals surface area contributed by atoms with Crippen LogP contribution in [0, 0.1) is 0 Å². The molecule has 0 aromatic heterocycles. The molecule has 0 radical (unpaired) electrons. The van der Waals surface area contributed by atoms with Crippen LogP contribution in [-0.4, -0.2) is 36.4 Å². The molecule has 1 aromatic carbocycles. The Morgan fingerprint density at radius 1 is 1.59 bits per heavy atom. The largest absolute Gasteiger partial charge is 0.493 e. The minimum atomic E-state index is -0.564. The van der Waals surface area contributed by atoms with E-state index in [-0.39, 0.29) is 18.6 Å². The summed E-state index contributed by atoms with van der Waals surface area (Å²) in [6, 6.07) is 3.89. The number of aliphatic hydroxyl groups is 1. The Morgan fingerprint density at radius 3 is 3.05 bits per heavy atom. The van der Waals surface area contributed by atoms with Crippen LogP contribution < -0.4 is 14.8 Å². The number of rotatable bonds is 6. The number of ether oxygens (including phenoxy) is 2. The highest BCUT2D eigenvalue weighted by molar-refractivity contribution is 5.92. The second-order valence-corrected chi connectivity index (χ2v) is 5.49. The highest BCUT2D eigenvalue weighted by Gasteiger charge is 2.21. The number of nitrogens with one attached hydrogen (secondary N) is 1. The van der Waals surface area contributed by atoms with Crippen LogP contribution in [0.2, 0.25) is 0 Å². The van der Waals surface area contributed by atoms with E-state index in [0.717, 1.165) is 29.0 Å². The van der Waals surface area contributed by atoms with Crippen LogP contribution in [0.3, 0.4) is 0 Å². The van der Waals surface area contributed by atoms with Crippen LogP contribution in [0.25, 0.3) is 6.08 Å². The van der Waals surface area contributed by atoms with Crippen molar-refractivity contribution in [2.45, 2.75) is 39.4 Å². The molecular weight excluding hydrogens is 282 g/mol. The lowest BCUT2D eigenvalue weighted by molar-refractivity contribution is -0.116. The van der Waals surface area contributed by atoms with Gasteiger partial charge in [-0.2, -0.15) is 0 Å². The summed E-state index contributed by atoms with van der Waals surface area (Å²) in [6.45, 7) is 6.36. The van der Waals surface area contributed by atoms with E-state index in [1.165, 1.54) is 6.08 Å². The van der Waals surface area contributed by atoms with E-state index in [9.17, 15) is 4.79 Å². The van der Waals surface area contributed by atoms with Gasteiger partial charge in [-0.25, -0.2) is 0 Å². The van der Waals surface area contributed by atoms with Crippen molar-refractivity contribution >= 4 is 12.0 Å². The molecule has 0 saturated heterocycles. The van der Waals surface area contributed by atoms with Crippen LogP contribution in [0.5, 0.6) is 11.5 Å². The molecule has 120 valence electrons. The van der Waals surface area contributed by atoms with Crippen molar-refractivity contribution in [3.63, 3.8) is 0 Å². The van der Waals surface area contributed by atoms with Gasteiger partial charge in [0, 0.05) is 30.2 Å². The molecule has 0 saturated carbocycles. The Labute approximate surface area is 130 Å². The van der Waals surface area contributed by atoms with Gasteiger partial charge in [-0.05, 0) is 39.0 Å². The normalized spacial score (nSPS) is 17.9. The first kappa shape index (κ1) is 16.4. The molecule has 1 aromatic rings. The first-order valence-electron chi connectivity index (χ1n) is 7.60. The topological polar surface area (TPSA) is 67.8 Å². The number of carbonyl (C=O) groups is 1. The minimum Gasteiger partial charge on any atom is -0.493 e. The molecule has 5 heteroatoms. The molecule has 22 heavy (non-hydrogen) atoms. The first-order valence-corrected chi connectivity index (χ1v) is 7.60. The van der Waals surface area contributed by atoms with Crippen molar-refractivity contribution < 1.29 is 19.4 Å². The average molecular weight is 305 g/mol. The molecule has 2 N–H and O–H groups in total. The van der Waals surface area contributed by atoms with E-state index in [1.807, 2.05) is 26.0 Å². The van der Waals surface area contributed by atoms with Gasteiger partial charge in [0.2, 0.25) is 5.91 Å². The van der Waals surface area contributed by atoms with Crippen LogP contribution >= 0.6 is 0 Å². The molecule has 1 heterocycles. The van der Waals surface area contributed by atoms with Crippen molar-refractivity contribution in [2.24, 2.45) is 0 Å². The van der Waals surface area contributed by atoms with Gasteiger partial charge in [0.25, 0.3) is 0 Å². The van der Waals surface area contributed by atoms with Crippen molar-refractivity contribution in [2.75, 3.05) is 13.2 Å². The zero-order valence-electron chi connectivity index (χ0n) is 13.3. The SMILES string of the molecule is CCOc1cc2c(cc1/C=C/C(=O)NCC(C)O)OC(C)C2. The van der Waals surface area contributed by atoms with Crippen molar-refractivity contribution in [1.29, 1.82) is 0 Å². The van der Waals surface area contributed by atoms with E-state index in [2.05, 4.69) is 5.32 Å². The summed E-state index contributed by atoms with van der Waals surface area (Å²) in [5.41, 5.74) is 1.94. The zero-order chi connectivity index (χ0) is 16.1. The molecule has 2 atom stereocenters. The summed E-state index contributed by atoms with van der Waals surface area (Å²) in [6.07, 6.45) is 3.61. The molecule has 5 nitrogen and oxygen atoms in total. The van der Waals surface area contributed by atoms with Crippen LogP contribution in [0.4, 0.5) is 0 Å². The third-order valence-electron chi connectivity index (χ3n) is 3.31. The van der Waals surface area contributed by atoms with Gasteiger partial charge in [0.1, 0.15) is 17.6 Å². The molecule has 0 aliphatic carbocycles. The van der Waals surface area contributed by atoms with Gasteiger partial charge in [-0.15, -0.1) is 0 Å². The predicted octanol–water partition coefficient (Wildman–Crippen LogP) is 1.92. The molecule has 1 aliphatic rings. The number of amides is 1. The lowest BCUT2D eigenvalue weighted by atomic mass is 10.1. The lowest BCUT2D eigenvalue weighted by Gasteiger charge is -2.10. The number of hydrogen-bond donors (Lipinski definition) is 2. The Bertz CT molecular complexity index is 566. The van der Waals surface area contributed by atoms with Crippen LogP contribution in [-0.2, 0) is 11.2 Å². The van der Waals surface area contributed by atoms with Crippen molar-refractivity contribution in [3.8, 4) is 11.5 Å². The Balaban J connectivity index is 2.15. The quantitative estimate of drug-likeness (QED) is 0.788. The van der Waals surface area contributed by atoms with Crippen molar-refractivity contribution in [1.82, 2.24) is 5.32 Å². The van der Waals surface area contributed by atoms with Crippen LogP contribution in [0.15, 0.2) is 18.2 Å². The lowest BCUT2D eigenvalue weighted by Crippen LogP contribution is -2.28. The van der Waals surface area contributed by atoms with E-state index in [0.29, 0.717) is 6.61 Å². The van der Waals surface area contributed by atoms with Gasteiger partial charge in [0.05, 0.1) is 12.7 Å². The first-order chi connectivity index (χ1) is 10.5. The maximum atomic E-state index is 11.7. The molecule has 1 amide bonds. The summed E-state index contributed by atoms with van der Waals surface area (Å²) in [5.74, 6) is 1.34. The number of hydrogen-bond acceptors (Lipinski definition) is 4. The second kappa shape index (κ2) is 7.31. The van der Waals surface area contributed by atoms with Gasteiger partial charge in [-0.3, -0.25) is 4.79 Å². The van der Waals surface area contributed by atoms with Crippen LogP contribution in [0.1, 0.15) is 31.9 Å². The van der Waals surface area contributed by atoms with E-state index in [1.54, 1.807) is 13.0 Å². The fourth-order valence-corrected chi connectivity index (χ4v) is 2.34. The van der Waals surface area contributed by atoms with Gasteiger partial charge in [-0.1, -0.05) is 0 Å². The summed E-state index contributed by atoms with van der Waals surface area (Å²) in [5, 5.41) is 11.8. The third-order valence-corrected chi connectivity index (χ3v) is 3.31. The molecule has 1 aliphatic heterocycles. The molecule has 0 spiro atoms.